The van der Waals surface area contributed by atoms with E-state index in [1.165, 1.54) is 23.7 Å². The van der Waals surface area contributed by atoms with Crippen molar-refractivity contribution >= 4 is 17.7 Å². The number of nitrogens with one attached hydrogen (secondary N) is 1. The highest BCUT2D eigenvalue weighted by molar-refractivity contribution is 7.99. The van der Waals surface area contributed by atoms with E-state index in [4.69, 9.17) is 0 Å². The molecule has 0 radical (unpaired) electrons. The first-order chi connectivity index (χ1) is 11.9. The maximum atomic E-state index is 12.3. The van der Waals surface area contributed by atoms with Crippen LogP contribution in [0.4, 0.5) is 0 Å². The van der Waals surface area contributed by atoms with Crippen LogP contribution in [-0.4, -0.2) is 38.4 Å². The lowest BCUT2D eigenvalue weighted by Gasteiger charge is -2.42. The highest BCUT2D eigenvalue weighted by Gasteiger charge is 2.38. The minimum Gasteiger partial charge on any atom is -0.354 e. The molecule has 2 aromatic rings. The summed E-state index contributed by atoms with van der Waals surface area (Å²) in [5.74, 6) is 0.345. The van der Waals surface area contributed by atoms with Crippen LogP contribution in [0.15, 0.2) is 35.5 Å². The van der Waals surface area contributed by atoms with Gasteiger partial charge in [-0.2, -0.15) is 0 Å². The van der Waals surface area contributed by atoms with Crippen LogP contribution in [0, 0.1) is 0 Å². The summed E-state index contributed by atoms with van der Waals surface area (Å²) in [6, 6.07) is 10.5. The third-order valence-corrected chi connectivity index (χ3v) is 5.65. The van der Waals surface area contributed by atoms with Crippen molar-refractivity contribution in [3.63, 3.8) is 0 Å². The Bertz CT molecular complexity index is 719. The lowest BCUT2D eigenvalue weighted by atomic mass is 9.64. The first kappa shape index (κ1) is 17.9. The zero-order valence-electron chi connectivity index (χ0n) is 15.0. The van der Waals surface area contributed by atoms with Gasteiger partial charge in [0.25, 0.3) is 0 Å². The van der Waals surface area contributed by atoms with Gasteiger partial charge in [-0.1, -0.05) is 48.5 Å². The van der Waals surface area contributed by atoms with Crippen LogP contribution < -0.4 is 5.32 Å². The molecule has 1 saturated carbocycles. The van der Waals surface area contributed by atoms with Crippen molar-refractivity contribution in [2.45, 2.75) is 56.1 Å². The van der Waals surface area contributed by atoms with Crippen LogP contribution >= 0.6 is 11.8 Å². The molecule has 1 aliphatic carbocycles. The summed E-state index contributed by atoms with van der Waals surface area (Å²) in [5.41, 5.74) is 1.23. The van der Waals surface area contributed by atoms with E-state index in [2.05, 4.69) is 45.1 Å². The molecule has 7 heteroatoms. The Balaban J connectivity index is 1.54. The van der Waals surface area contributed by atoms with Gasteiger partial charge in [0.1, 0.15) is 0 Å². The van der Waals surface area contributed by atoms with Crippen molar-refractivity contribution in [2.75, 3.05) is 12.3 Å². The van der Waals surface area contributed by atoms with Gasteiger partial charge in [-0.3, -0.25) is 4.79 Å². The summed E-state index contributed by atoms with van der Waals surface area (Å²) in [7, 11) is 0. The van der Waals surface area contributed by atoms with E-state index in [0.29, 0.717) is 17.5 Å². The van der Waals surface area contributed by atoms with Crippen molar-refractivity contribution < 1.29 is 4.79 Å². The monoisotopic (exact) mass is 359 g/mol. The zero-order valence-corrected chi connectivity index (χ0v) is 15.8. The van der Waals surface area contributed by atoms with E-state index in [1.807, 2.05) is 26.8 Å². The van der Waals surface area contributed by atoms with Gasteiger partial charge in [-0.05, 0) is 49.6 Å². The fraction of sp³-hybridized carbons (Fsp3) is 0.556. The lowest BCUT2D eigenvalue weighted by Crippen LogP contribution is -2.46. The SMILES string of the molecule is CC(C)(C)n1nnnc1SCC(=O)NCC1(c2ccccc2)CCC1. The Hall–Kier alpha value is -1.89. The van der Waals surface area contributed by atoms with Gasteiger partial charge in [0, 0.05) is 12.0 Å². The van der Waals surface area contributed by atoms with Crippen molar-refractivity contribution in [3.8, 4) is 0 Å². The number of thioether (sulfide) groups is 1. The fourth-order valence-electron chi connectivity index (χ4n) is 3.10. The minimum absolute atomic E-state index is 0.0238. The fourth-order valence-corrected chi connectivity index (χ4v) is 3.99. The topological polar surface area (TPSA) is 72.7 Å². The lowest BCUT2D eigenvalue weighted by molar-refractivity contribution is -0.119. The Morgan fingerprint density at radius 3 is 2.60 bits per heavy atom. The molecule has 1 fully saturated rings. The summed E-state index contributed by atoms with van der Waals surface area (Å²) in [6.07, 6.45) is 3.49. The molecular weight excluding hydrogens is 334 g/mol. The van der Waals surface area contributed by atoms with E-state index in [1.54, 1.807) is 4.68 Å². The molecule has 1 aliphatic rings. The molecule has 1 aromatic heterocycles. The number of nitrogens with zero attached hydrogens (tertiary/aromatic N) is 4. The molecule has 1 amide bonds. The molecule has 3 rings (SSSR count). The quantitative estimate of drug-likeness (QED) is 0.803. The minimum atomic E-state index is -0.203. The van der Waals surface area contributed by atoms with E-state index >= 15 is 0 Å². The van der Waals surface area contributed by atoms with Crippen molar-refractivity contribution in [1.29, 1.82) is 0 Å². The largest absolute Gasteiger partial charge is 0.354 e. The summed E-state index contributed by atoms with van der Waals surface area (Å²) >= 11 is 1.38. The molecule has 1 heterocycles. The van der Waals surface area contributed by atoms with Crippen molar-refractivity contribution in [3.05, 3.63) is 35.9 Å². The zero-order chi connectivity index (χ0) is 17.9. The molecule has 1 N–H and O–H groups in total. The van der Waals surface area contributed by atoms with Gasteiger partial charge in [-0.15, -0.1) is 5.10 Å². The first-order valence-corrected chi connectivity index (χ1v) is 9.63. The van der Waals surface area contributed by atoms with Crippen LogP contribution in [0.1, 0.15) is 45.6 Å². The molecule has 134 valence electrons. The molecule has 0 atom stereocenters. The second-order valence-electron chi connectivity index (χ2n) is 7.61. The number of amides is 1. The van der Waals surface area contributed by atoms with Gasteiger partial charge in [0.15, 0.2) is 0 Å². The summed E-state index contributed by atoms with van der Waals surface area (Å²) < 4.78 is 1.75. The maximum Gasteiger partial charge on any atom is 0.230 e. The Morgan fingerprint density at radius 1 is 1.28 bits per heavy atom. The van der Waals surface area contributed by atoms with E-state index < -0.39 is 0 Å². The number of carbonyl (C=O) groups excluding carboxylic acids is 1. The number of carbonyl (C=O) groups is 1. The van der Waals surface area contributed by atoms with Crippen molar-refractivity contribution in [2.24, 2.45) is 0 Å². The number of rotatable bonds is 6. The Morgan fingerprint density at radius 2 is 2.00 bits per heavy atom. The number of hydrogen-bond donors (Lipinski definition) is 1. The molecule has 0 aliphatic heterocycles. The Kier molecular flexibility index (Phi) is 5.13. The molecule has 1 aromatic carbocycles. The highest BCUT2D eigenvalue weighted by Crippen LogP contribution is 2.43. The first-order valence-electron chi connectivity index (χ1n) is 8.65. The molecule has 0 unspecified atom stereocenters. The van der Waals surface area contributed by atoms with Gasteiger partial charge in [-0.25, -0.2) is 4.68 Å². The molecule has 6 nitrogen and oxygen atoms in total. The van der Waals surface area contributed by atoms with Gasteiger partial charge in [0.2, 0.25) is 11.1 Å². The smallest absolute Gasteiger partial charge is 0.230 e. The van der Waals surface area contributed by atoms with Gasteiger partial charge < -0.3 is 5.32 Å². The summed E-state index contributed by atoms with van der Waals surface area (Å²) in [4.78, 5) is 12.3. The second-order valence-corrected chi connectivity index (χ2v) is 8.55. The summed E-state index contributed by atoms with van der Waals surface area (Å²) in [6.45, 7) is 6.80. The van der Waals surface area contributed by atoms with Crippen LogP contribution in [0.5, 0.6) is 0 Å². The van der Waals surface area contributed by atoms with Gasteiger partial charge >= 0.3 is 0 Å². The van der Waals surface area contributed by atoms with E-state index in [-0.39, 0.29) is 16.9 Å². The number of aromatic nitrogens is 4. The number of hydrogen-bond acceptors (Lipinski definition) is 5. The average Bonchev–Trinajstić information content (AvgIpc) is 3.02. The predicted octanol–water partition coefficient (Wildman–Crippen LogP) is 2.76. The van der Waals surface area contributed by atoms with Crippen molar-refractivity contribution in [1.82, 2.24) is 25.5 Å². The third-order valence-electron chi connectivity index (χ3n) is 4.73. The van der Waals surface area contributed by atoms with E-state index in [9.17, 15) is 4.79 Å². The van der Waals surface area contributed by atoms with Crippen LogP contribution in [0.3, 0.4) is 0 Å². The Labute approximate surface area is 152 Å². The van der Waals surface area contributed by atoms with Crippen LogP contribution in [-0.2, 0) is 15.7 Å². The maximum absolute atomic E-state index is 12.3. The average molecular weight is 359 g/mol. The third kappa shape index (κ3) is 4.03. The molecule has 0 spiro atoms. The molecule has 25 heavy (non-hydrogen) atoms. The normalized spacial score (nSPS) is 16.3. The van der Waals surface area contributed by atoms with Crippen LogP contribution in [0.2, 0.25) is 0 Å². The summed E-state index contributed by atoms with van der Waals surface area (Å²) in [5, 5.41) is 15.5. The molecule has 0 saturated heterocycles. The van der Waals surface area contributed by atoms with E-state index in [0.717, 1.165) is 12.8 Å². The number of benzene rings is 1. The molecular formula is C18H25N5OS. The van der Waals surface area contributed by atoms with Gasteiger partial charge in [0.05, 0.1) is 11.3 Å². The number of tetrazole rings is 1. The van der Waals surface area contributed by atoms with Crippen LogP contribution in [0.25, 0.3) is 0 Å². The predicted molar refractivity (Wildman–Crippen MR) is 98.5 cm³/mol. The molecule has 0 bridgehead atoms. The standard InChI is InChI=1S/C18H25N5OS/c1-17(2,3)23-16(20-21-22-23)25-12-15(24)19-13-18(10-7-11-18)14-8-5-4-6-9-14/h4-6,8-9H,7,10-13H2,1-3H3,(H,19,24). The highest BCUT2D eigenvalue weighted by atomic mass is 32.2. The second kappa shape index (κ2) is 7.15.